The molecule has 1 aromatic heterocycles. The first-order chi connectivity index (χ1) is 8.79. The van der Waals surface area contributed by atoms with Crippen molar-refractivity contribution >= 4 is 11.8 Å². The Morgan fingerprint density at radius 2 is 2.21 bits per heavy atom. The number of hydrogen-bond acceptors (Lipinski definition) is 3. The molecule has 0 aromatic carbocycles. The summed E-state index contributed by atoms with van der Waals surface area (Å²) in [5.74, 6) is 0. The second kappa shape index (κ2) is 4.75. The van der Waals surface area contributed by atoms with Crippen LogP contribution in [0.15, 0.2) is 12.4 Å². The first kappa shape index (κ1) is 13.7. The number of aromatic nitrogens is 2. The summed E-state index contributed by atoms with van der Waals surface area (Å²) >= 11 is 0. The average molecular weight is 266 g/mol. The molecule has 106 valence electrons. The van der Waals surface area contributed by atoms with Gasteiger partial charge in [0.1, 0.15) is 0 Å². The quantitative estimate of drug-likeness (QED) is 0.816. The van der Waals surface area contributed by atoms with E-state index in [1.165, 1.54) is 0 Å². The first-order valence-corrected chi connectivity index (χ1v) is 6.58. The maximum atomic E-state index is 11.3. The van der Waals surface area contributed by atoms with Gasteiger partial charge in [-0.2, -0.15) is 5.10 Å². The third-order valence-corrected chi connectivity index (χ3v) is 3.82. The van der Waals surface area contributed by atoms with Crippen molar-refractivity contribution in [1.82, 2.24) is 14.7 Å². The van der Waals surface area contributed by atoms with Gasteiger partial charge in [0.05, 0.1) is 17.9 Å². The molecule has 6 heteroatoms. The Morgan fingerprint density at radius 1 is 1.53 bits per heavy atom. The fourth-order valence-electron chi connectivity index (χ4n) is 2.79. The third-order valence-electron chi connectivity index (χ3n) is 3.82. The molecule has 0 aliphatic carbocycles. The van der Waals surface area contributed by atoms with Crippen LogP contribution >= 0.6 is 0 Å². The van der Waals surface area contributed by atoms with Gasteiger partial charge in [0.15, 0.2) is 0 Å². The van der Waals surface area contributed by atoms with Gasteiger partial charge in [0.2, 0.25) is 0 Å². The molecular formula is C13H22N4O2. The van der Waals surface area contributed by atoms with E-state index >= 15 is 0 Å². The molecule has 3 N–H and O–H groups in total. The largest absolute Gasteiger partial charge is 0.465 e. The van der Waals surface area contributed by atoms with Gasteiger partial charge in [-0.05, 0) is 18.3 Å². The topological polar surface area (TPSA) is 84.4 Å². The Bertz CT molecular complexity index is 463. The van der Waals surface area contributed by atoms with Crippen molar-refractivity contribution < 1.29 is 9.90 Å². The van der Waals surface area contributed by atoms with E-state index in [0.717, 1.165) is 12.8 Å². The molecule has 1 aliphatic rings. The fraction of sp³-hybridized carbons (Fsp3) is 0.692. The molecule has 2 rings (SSSR count). The van der Waals surface area contributed by atoms with Crippen molar-refractivity contribution in [3.8, 4) is 0 Å². The fourth-order valence-corrected chi connectivity index (χ4v) is 2.79. The Labute approximate surface area is 113 Å². The Kier molecular flexibility index (Phi) is 3.43. The van der Waals surface area contributed by atoms with Gasteiger partial charge in [-0.25, -0.2) is 4.79 Å². The van der Waals surface area contributed by atoms with Gasteiger partial charge in [-0.15, -0.1) is 0 Å². The lowest BCUT2D eigenvalue weighted by Crippen LogP contribution is -2.51. The van der Waals surface area contributed by atoms with Gasteiger partial charge < -0.3 is 15.7 Å². The minimum Gasteiger partial charge on any atom is -0.465 e. The second-order valence-corrected chi connectivity index (χ2v) is 6.29. The van der Waals surface area contributed by atoms with E-state index in [1.54, 1.807) is 11.1 Å². The Balaban J connectivity index is 2.19. The molecule has 2 unspecified atom stereocenters. The van der Waals surface area contributed by atoms with Crippen molar-refractivity contribution in [2.24, 2.45) is 5.41 Å². The summed E-state index contributed by atoms with van der Waals surface area (Å²) in [6.07, 6.45) is 4.17. The van der Waals surface area contributed by atoms with Gasteiger partial charge in [-0.1, -0.05) is 20.8 Å². The van der Waals surface area contributed by atoms with Gasteiger partial charge in [0.25, 0.3) is 0 Å². The van der Waals surface area contributed by atoms with E-state index in [4.69, 9.17) is 5.73 Å². The highest BCUT2D eigenvalue weighted by Crippen LogP contribution is 2.36. The summed E-state index contributed by atoms with van der Waals surface area (Å²) in [6.45, 7) is 6.77. The summed E-state index contributed by atoms with van der Waals surface area (Å²) in [6, 6.07) is 0.214. The number of likely N-dealkylation sites (tertiary alicyclic amines) is 1. The Morgan fingerprint density at radius 3 is 2.68 bits per heavy atom. The molecule has 0 radical (unpaired) electrons. The van der Waals surface area contributed by atoms with Crippen LogP contribution in [0.3, 0.4) is 0 Å². The van der Waals surface area contributed by atoms with Crippen LogP contribution in [-0.4, -0.2) is 38.5 Å². The van der Waals surface area contributed by atoms with E-state index < -0.39 is 6.09 Å². The molecule has 1 aromatic rings. The first-order valence-electron chi connectivity index (χ1n) is 6.58. The van der Waals surface area contributed by atoms with E-state index in [1.807, 2.05) is 10.9 Å². The van der Waals surface area contributed by atoms with Crippen molar-refractivity contribution in [2.75, 3.05) is 12.3 Å². The minimum atomic E-state index is -0.835. The predicted molar refractivity (Wildman–Crippen MR) is 72.9 cm³/mol. The number of nitrogen functional groups attached to an aromatic ring is 1. The molecule has 2 atom stereocenters. The van der Waals surface area contributed by atoms with Crippen LogP contribution in [0.1, 0.15) is 39.7 Å². The molecule has 1 aliphatic heterocycles. The monoisotopic (exact) mass is 266 g/mol. The van der Waals surface area contributed by atoms with Crippen molar-refractivity contribution in [1.29, 1.82) is 0 Å². The molecule has 0 spiro atoms. The van der Waals surface area contributed by atoms with E-state index in [2.05, 4.69) is 25.9 Å². The SMILES string of the molecule is CC(C)(C)C1CC(n2cc(N)cn2)CCN1C(=O)O. The lowest BCUT2D eigenvalue weighted by atomic mass is 9.79. The number of nitrogens with zero attached hydrogens (tertiary/aromatic N) is 3. The highest BCUT2D eigenvalue weighted by atomic mass is 16.4. The molecule has 0 bridgehead atoms. The maximum absolute atomic E-state index is 11.3. The number of rotatable bonds is 1. The van der Waals surface area contributed by atoms with Crippen LogP contribution in [0.5, 0.6) is 0 Å². The van der Waals surface area contributed by atoms with Gasteiger partial charge >= 0.3 is 6.09 Å². The third kappa shape index (κ3) is 2.83. The van der Waals surface area contributed by atoms with Crippen LogP contribution in [0.25, 0.3) is 0 Å². The molecule has 2 heterocycles. The summed E-state index contributed by atoms with van der Waals surface area (Å²) in [5, 5.41) is 13.6. The summed E-state index contributed by atoms with van der Waals surface area (Å²) in [5.41, 5.74) is 6.25. The minimum absolute atomic E-state index is 0.00539. The summed E-state index contributed by atoms with van der Waals surface area (Å²) < 4.78 is 1.87. The molecule has 0 saturated carbocycles. The lowest BCUT2D eigenvalue weighted by molar-refractivity contribution is 0.0408. The molecule has 1 fully saturated rings. The van der Waals surface area contributed by atoms with Crippen molar-refractivity contribution in [2.45, 2.75) is 45.7 Å². The lowest BCUT2D eigenvalue weighted by Gasteiger charge is -2.44. The maximum Gasteiger partial charge on any atom is 0.407 e. The highest BCUT2D eigenvalue weighted by Gasteiger charge is 2.39. The number of piperidine rings is 1. The summed E-state index contributed by atoms with van der Waals surface area (Å²) in [7, 11) is 0. The highest BCUT2D eigenvalue weighted by molar-refractivity contribution is 5.65. The van der Waals surface area contributed by atoms with Gasteiger partial charge in [0, 0.05) is 18.8 Å². The standard InChI is InChI=1S/C13H22N4O2/c1-13(2,3)11-6-10(4-5-16(11)12(18)19)17-8-9(14)7-15-17/h7-8,10-11H,4-6,14H2,1-3H3,(H,18,19). The predicted octanol–water partition coefficient (Wildman–Crippen LogP) is 2.19. The molecule has 1 amide bonds. The molecule has 19 heavy (non-hydrogen) atoms. The normalized spacial score (nSPS) is 24.5. The zero-order valence-electron chi connectivity index (χ0n) is 11.7. The Hall–Kier alpha value is -1.72. The summed E-state index contributed by atoms with van der Waals surface area (Å²) in [4.78, 5) is 12.9. The van der Waals surface area contributed by atoms with Crippen LogP contribution in [0, 0.1) is 5.41 Å². The zero-order chi connectivity index (χ0) is 14.2. The van der Waals surface area contributed by atoms with E-state index in [0.29, 0.717) is 12.2 Å². The number of nitrogens with two attached hydrogens (primary N) is 1. The number of carboxylic acid groups (broad SMARTS) is 1. The average Bonchev–Trinajstić information content (AvgIpc) is 2.74. The molecular weight excluding hydrogens is 244 g/mol. The van der Waals surface area contributed by atoms with Crippen molar-refractivity contribution in [3.63, 3.8) is 0 Å². The van der Waals surface area contributed by atoms with Crippen LogP contribution in [0.4, 0.5) is 10.5 Å². The van der Waals surface area contributed by atoms with E-state index in [9.17, 15) is 9.90 Å². The smallest absolute Gasteiger partial charge is 0.407 e. The molecule has 1 saturated heterocycles. The van der Waals surface area contributed by atoms with Crippen molar-refractivity contribution in [3.05, 3.63) is 12.4 Å². The second-order valence-electron chi connectivity index (χ2n) is 6.29. The number of carbonyl (C=O) groups is 1. The van der Waals surface area contributed by atoms with Gasteiger partial charge in [-0.3, -0.25) is 4.68 Å². The van der Waals surface area contributed by atoms with Crippen LogP contribution in [-0.2, 0) is 0 Å². The molecule has 6 nitrogen and oxygen atoms in total. The van der Waals surface area contributed by atoms with Crippen LogP contribution in [0.2, 0.25) is 0 Å². The zero-order valence-corrected chi connectivity index (χ0v) is 11.7. The number of anilines is 1. The van der Waals surface area contributed by atoms with Crippen LogP contribution < -0.4 is 5.73 Å². The van der Waals surface area contributed by atoms with E-state index in [-0.39, 0.29) is 17.5 Å². The number of amides is 1. The number of hydrogen-bond donors (Lipinski definition) is 2.